The second-order valence-electron chi connectivity index (χ2n) is 13.2. The number of hydrogen-bond acceptors (Lipinski definition) is 9. The SMILES string of the molecule is C#Cc1c(F)ccc2cc(O)cc(-c3nc4c5c(nc(OCC67CCCN6C[C@H](F)C7)nc5c3F)N3C[C@H]5CC[C@H](N5)[C@H]3CO4)c12. The van der Waals surface area contributed by atoms with Gasteiger partial charge < -0.3 is 24.8 Å². The van der Waals surface area contributed by atoms with Crippen molar-refractivity contribution in [2.24, 2.45) is 0 Å². The topological polar surface area (TPSA) is 95.9 Å². The van der Waals surface area contributed by atoms with E-state index in [9.17, 15) is 13.9 Å². The predicted octanol–water partition coefficient (Wildman–Crippen LogP) is 4.47. The fraction of sp³-hybridized carbons (Fsp3) is 0.441. The van der Waals surface area contributed by atoms with Gasteiger partial charge in [0, 0.05) is 42.5 Å². The zero-order valence-electron chi connectivity index (χ0n) is 24.9. The fourth-order valence-corrected chi connectivity index (χ4v) is 8.56. The number of terminal acetylenes is 1. The van der Waals surface area contributed by atoms with Crippen molar-refractivity contribution in [1.29, 1.82) is 0 Å². The smallest absolute Gasteiger partial charge is 0.319 e. The first kappa shape index (κ1) is 27.9. The highest BCUT2D eigenvalue weighted by Crippen LogP contribution is 2.45. The lowest BCUT2D eigenvalue weighted by Gasteiger charge is -2.40. The number of phenolic OH excluding ortho intramolecular Hbond substituents is 1. The van der Waals surface area contributed by atoms with Gasteiger partial charge in [0.25, 0.3) is 0 Å². The number of benzene rings is 2. The van der Waals surface area contributed by atoms with Gasteiger partial charge in [0.2, 0.25) is 5.88 Å². The molecule has 2 bridgehead atoms. The Bertz CT molecular complexity index is 1990. The summed E-state index contributed by atoms with van der Waals surface area (Å²) in [7, 11) is 0. The molecule has 46 heavy (non-hydrogen) atoms. The molecule has 2 aromatic carbocycles. The maximum Gasteiger partial charge on any atom is 0.319 e. The fourth-order valence-electron chi connectivity index (χ4n) is 8.56. The van der Waals surface area contributed by atoms with Crippen LogP contribution in [0.4, 0.5) is 19.0 Å². The molecule has 9 nitrogen and oxygen atoms in total. The maximum absolute atomic E-state index is 17.0. The van der Waals surface area contributed by atoms with Gasteiger partial charge in [-0.15, -0.1) is 6.42 Å². The Hall–Kier alpha value is -4.34. The number of phenols is 1. The summed E-state index contributed by atoms with van der Waals surface area (Å²) in [6, 6.07) is 5.72. The second kappa shape index (κ2) is 10.1. The van der Waals surface area contributed by atoms with Crippen LogP contribution in [0.15, 0.2) is 24.3 Å². The van der Waals surface area contributed by atoms with Gasteiger partial charge in [0.15, 0.2) is 5.82 Å². The summed E-state index contributed by atoms with van der Waals surface area (Å²) in [6.45, 7) is 2.27. The number of pyridine rings is 1. The molecule has 0 aliphatic carbocycles. The molecule has 12 heteroatoms. The van der Waals surface area contributed by atoms with Crippen LogP contribution >= 0.6 is 0 Å². The minimum atomic E-state index is -0.927. The number of halogens is 3. The van der Waals surface area contributed by atoms with Crippen LogP contribution in [0, 0.1) is 24.0 Å². The van der Waals surface area contributed by atoms with E-state index in [2.05, 4.69) is 31.0 Å². The van der Waals surface area contributed by atoms with E-state index in [0.717, 1.165) is 32.2 Å². The molecule has 4 saturated heterocycles. The third-order valence-electron chi connectivity index (χ3n) is 10.6. The average molecular weight is 629 g/mol. The highest BCUT2D eigenvalue weighted by molar-refractivity contribution is 6.04. The zero-order valence-corrected chi connectivity index (χ0v) is 24.9. The summed E-state index contributed by atoms with van der Waals surface area (Å²) in [4.78, 5) is 18.4. The Labute approximate surface area is 262 Å². The summed E-state index contributed by atoms with van der Waals surface area (Å²) >= 11 is 0. The van der Waals surface area contributed by atoms with E-state index in [4.69, 9.17) is 20.9 Å². The van der Waals surface area contributed by atoms with Crippen molar-refractivity contribution in [3.63, 3.8) is 0 Å². The number of alkyl halides is 1. The van der Waals surface area contributed by atoms with Crippen LogP contribution in [-0.4, -0.2) is 87.6 Å². The molecule has 2 N–H and O–H groups in total. The summed E-state index contributed by atoms with van der Waals surface area (Å²) in [5.74, 6) is 1.35. The molecular formula is C34H31F3N6O3. The number of aromatic hydroxyl groups is 1. The molecule has 5 aliphatic heterocycles. The molecule has 4 fully saturated rings. The summed E-state index contributed by atoms with van der Waals surface area (Å²) in [6.07, 6.45) is 8.89. The maximum atomic E-state index is 17.0. The third kappa shape index (κ3) is 4.07. The standard InChI is InChI=1S/C34H31F3N6O3/c1-2-21-23(36)6-4-17-10-20(44)11-22(26(17)21)29-28(37)30-27-31(43-14-19-5-7-24(38-19)25(43)15-45-32(27)39-29)41-33(40-30)46-16-34-8-3-9-42(34)13-18(35)12-34/h1,4,6,10-11,18-19,24-25,38,44H,3,5,7-9,12-16H2/t18-,19-,24+,25-,34?/m1/s1. The van der Waals surface area contributed by atoms with Crippen molar-refractivity contribution in [1.82, 2.24) is 25.2 Å². The molecule has 0 amide bonds. The largest absolute Gasteiger partial charge is 0.508 e. The van der Waals surface area contributed by atoms with E-state index in [0.29, 0.717) is 36.1 Å². The molecule has 1 unspecified atom stereocenters. The van der Waals surface area contributed by atoms with Crippen LogP contribution in [0.2, 0.25) is 0 Å². The molecule has 236 valence electrons. The monoisotopic (exact) mass is 628 g/mol. The molecule has 9 rings (SSSR count). The van der Waals surface area contributed by atoms with Crippen molar-refractivity contribution in [3.8, 4) is 41.2 Å². The predicted molar refractivity (Wildman–Crippen MR) is 165 cm³/mol. The molecular weight excluding hydrogens is 597 g/mol. The second-order valence-corrected chi connectivity index (χ2v) is 13.2. The first-order chi connectivity index (χ1) is 22.3. The van der Waals surface area contributed by atoms with Gasteiger partial charge in [0.05, 0.1) is 17.1 Å². The first-order valence-corrected chi connectivity index (χ1v) is 15.8. The molecule has 5 atom stereocenters. The van der Waals surface area contributed by atoms with E-state index < -0.39 is 23.3 Å². The van der Waals surface area contributed by atoms with Crippen molar-refractivity contribution >= 4 is 27.5 Å². The quantitative estimate of drug-likeness (QED) is 0.318. The number of ether oxygens (including phenoxy) is 2. The van der Waals surface area contributed by atoms with E-state index >= 15 is 4.39 Å². The van der Waals surface area contributed by atoms with Gasteiger partial charge in [0.1, 0.15) is 53.4 Å². The molecule has 0 saturated carbocycles. The number of aromatic nitrogens is 3. The highest BCUT2D eigenvalue weighted by Gasteiger charge is 2.50. The first-order valence-electron chi connectivity index (χ1n) is 15.8. The van der Waals surface area contributed by atoms with E-state index in [-0.39, 0.29) is 76.7 Å². The van der Waals surface area contributed by atoms with Crippen molar-refractivity contribution in [3.05, 3.63) is 41.5 Å². The van der Waals surface area contributed by atoms with Crippen molar-refractivity contribution < 1.29 is 27.8 Å². The number of rotatable bonds is 4. The number of piperazine rings is 1. The molecule has 0 spiro atoms. The van der Waals surface area contributed by atoms with Gasteiger partial charge in [-0.25, -0.2) is 18.2 Å². The normalized spacial score (nSPS) is 28.2. The molecule has 7 heterocycles. The van der Waals surface area contributed by atoms with Crippen LogP contribution in [0.1, 0.15) is 37.7 Å². The lowest BCUT2D eigenvalue weighted by molar-refractivity contribution is 0.107. The minimum Gasteiger partial charge on any atom is -0.508 e. The van der Waals surface area contributed by atoms with Crippen LogP contribution in [-0.2, 0) is 0 Å². The summed E-state index contributed by atoms with van der Waals surface area (Å²) < 4.78 is 59.1. The van der Waals surface area contributed by atoms with Gasteiger partial charge in [-0.05, 0) is 55.8 Å². The Morgan fingerprint density at radius 3 is 2.91 bits per heavy atom. The highest BCUT2D eigenvalue weighted by atomic mass is 19.1. The Kier molecular flexibility index (Phi) is 6.12. The summed E-state index contributed by atoms with van der Waals surface area (Å²) in [5, 5.41) is 15.3. The number of hydrogen-bond donors (Lipinski definition) is 2. The van der Waals surface area contributed by atoms with Crippen LogP contribution in [0.3, 0.4) is 0 Å². The van der Waals surface area contributed by atoms with Crippen LogP contribution < -0.4 is 19.7 Å². The summed E-state index contributed by atoms with van der Waals surface area (Å²) in [5.41, 5.74) is -0.688. The molecule has 5 aliphatic rings. The van der Waals surface area contributed by atoms with Gasteiger partial charge in [-0.1, -0.05) is 12.0 Å². The molecule has 4 aromatic rings. The van der Waals surface area contributed by atoms with Gasteiger partial charge in [-0.3, -0.25) is 4.90 Å². The minimum absolute atomic E-state index is 0.0179. The third-order valence-corrected chi connectivity index (χ3v) is 10.6. The van der Waals surface area contributed by atoms with Crippen LogP contribution in [0.5, 0.6) is 17.6 Å². The molecule has 2 aromatic heterocycles. The van der Waals surface area contributed by atoms with E-state index in [1.54, 1.807) is 0 Å². The number of nitrogens with zero attached hydrogens (tertiary/aromatic N) is 5. The lowest BCUT2D eigenvalue weighted by atomic mass is 9.95. The number of nitrogens with one attached hydrogen (secondary N) is 1. The van der Waals surface area contributed by atoms with E-state index in [1.807, 2.05) is 0 Å². The van der Waals surface area contributed by atoms with Gasteiger partial charge >= 0.3 is 6.01 Å². The van der Waals surface area contributed by atoms with Crippen molar-refractivity contribution in [2.75, 3.05) is 37.7 Å². The van der Waals surface area contributed by atoms with Crippen LogP contribution in [0.25, 0.3) is 32.9 Å². The van der Waals surface area contributed by atoms with Gasteiger partial charge in [-0.2, -0.15) is 9.97 Å². The Morgan fingerprint density at radius 1 is 1.15 bits per heavy atom. The molecule has 0 radical (unpaired) electrons. The van der Waals surface area contributed by atoms with E-state index in [1.165, 1.54) is 24.3 Å². The number of anilines is 1. The van der Waals surface area contributed by atoms with Crippen molar-refractivity contribution in [2.45, 2.75) is 61.9 Å². The lowest BCUT2D eigenvalue weighted by Crippen LogP contribution is -2.60. The number of fused-ring (bicyclic) bond motifs is 7. The zero-order chi connectivity index (χ0) is 31.3. The Morgan fingerprint density at radius 2 is 2.04 bits per heavy atom. The average Bonchev–Trinajstić information content (AvgIpc) is 3.68. The Balaban J connectivity index is 1.25.